The fraction of sp³-hybridized carbons (Fsp3) is 0.0625. The zero-order chi connectivity index (χ0) is 16.6. The Kier molecular flexibility index (Phi) is 3.80. The molecule has 0 aliphatic carbocycles. The Morgan fingerprint density at radius 1 is 1.17 bits per heavy atom. The van der Waals surface area contributed by atoms with Gasteiger partial charge in [-0.1, -0.05) is 0 Å². The van der Waals surface area contributed by atoms with Gasteiger partial charge in [-0.2, -0.15) is 5.26 Å². The van der Waals surface area contributed by atoms with E-state index < -0.39 is 9.84 Å². The molecule has 7 heteroatoms. The molecule has 1 heterocycles. The fourth-order valence-electron chi connectivity index (χ4n) is 2.08. The highest BCUT2D eigenvalue weighted by molar-refractivity contribution is 7.90. The van der Waals surface area contributed by atoms with Crippen LogP contribution in [0.25, 0.3) is 10.1 Å². The van der Waals surface area contributed by atoms with E-state index in [2.05, 4.69) is 0 Å². The Morgan fingerprint density at radius 2 is 1.87 bits per heavy atom. The largest absolute Gasteiger partial charge is 0.454 e. The van der Waals surface area contributed by atoms with Crippen LogP contribution in [0.3, 0.4) is 0 Å². The van der Waals surface area contributed by atoms with Crippen molar-refractivity contribution in [2.75, 3.05) is 6.26 Å². The molecular weight excluding hydrogens is 337 g/mol. The first kappa shape index (κ1) is 15.5. The molecule has 0 aliphatic heterocycles. The quantitative estimate of drug-likeness (QED) is 0.715. The van der Waals surface area contributed by atoms with Crippen LogP contribution in [-0.4, -0.2) is 14.7 Å². The third kappa shape index (κ3) is 3.04. The number of benzene rings is 2. The predicted molar refractivity (Wildman–Crippen MR) is 86.1 cm³/mol. The molecule has 0 radical (unpaired) electrons. The molecule has 0 N–H and O–H groups in total. The number of hydrogen-bond donors (Lipinski definition) is 0. The molecule has 0 amide bonds. The summed E-state index contributed by atoms with van der Waals surface area (Å²) in [4.78, 5) is 0.513. The maximum absolute atomic E-state index is 13.0. The second-order valence-electron chi connectivity index (χ2n) is 4.86. The summed E-state index contributed by atoms with van der Waals surface area (Å²) >= 11 is 1.15. The Balaban J connectivity index is 2.12. The van der Waals surface area contributed by atoms with E-state index in [1.54, 1.807) is 6.07 Å². The molecule has 1 aromatic heterocycles. The summed E-state index contributed by atoms with van der Waals surface area (Å²) in [7, 11) is -3.33. The lowest BCUT2D eigenvalue weighted by molar-refractivity contribution is 0.486. The topological polar surface area (TPSA) is 67.2 Å². The second kappa shape index (κ2) is 5.65. The Bertz CT molecular complexity index is 1030. The molecular formula is C16H10FNO3S2. The fourth-order valence-corrected chi connectivity index (χ4v) is 3.77. The summed E-state index contributed by atoms with van der Waals surface area (Å²) in [6.45, 7) is 0. The van der Waals surface area contributed by atoms with Crippen molar-refractivity contribution in [2.45, 2.75) is 4.90 Å². The van der Waals surface area contributed by atoms with Crippen LogP contribution >= 0.6 is 11.3 Å². The molecule has 0 saturated heterocycles. The Hall–Kier alpha value is -2.43. The highest BCUT2D eigenvalue weighted by Crippen LogP contribution is 2.40. The van der Waals surface area contributed by atoms with Gasteiger partial charge in [0, 0.05) is 16.3 Å². The molecule has 0 saturated carbocycles. The number of rotatable bonds is 3. The van der Waals surface area contributed by atoms with E-state index in [-0.39, 0.29) is 10.7 Å². The summed E-state index contributed by atoms with van der Waals surface area (Å²) in [5, 5.41) is 9.91. The van der Waals surface area contributed by atoms with Gasteiger partial charge in [0.15, 0.2) is 15.6 Å². The van der Waals surface area contributed by atoms with Gasteiger partial charge in [0.05, 0.1) is 4.90 Å². The highest BCUT2D eigenvalue weighted by atomic mass is 32.2. The summed E-state index contributed by atoms with van der Waals surface area (Å²) in [5.41, 5.74) is 0. The number of sulfone groups is 1. The lowest BCUT2D eigenvalue weighted by Gasteiger charge is -2.05. The lowest BCUT2D eigenvalue weighted by atomic mass is 10.2. The van der Waals surface area contributed by atoms with Crippen LogP contribution in [0, 0.1) is 17.1 Å². The maximum atomic E-state index is 13.0. The van der Waals surface area contributed by atoms with Crippen molar-refractivity contribution in [2.24, 2.45) is 0 Å². The van der Waals surface area contributed by atoms with Gasteiger partial charge in [0.2, 0.25) is 0 Å². The Labute approximate surface area is 136 Å². The average molecular weight is 347 g/mol. The average Bonchev–Trinajstić information content (AvgIpc) is 2.86. The van der Waals surface area contributed by atoms with Gasteiger partial charge in [-0.05, 0) is 42.5 Å². The van der Waals surface area contributed by atoms with E-state index in [4.69, 9.17) is 4.74 Å². The number of halogens is 1. The van der Waals surface area contributed by atoms with Gasteiger partial charge >= 0.3 is 0 Å². The number of thiophene rings is 1. The van der Waals surface area contributed by atoms with Crippen molar-refractivity contribution in [3.05, 3.63) is 53.2 Å². The number of nitriles is 1. The van der Waals surface area contributed by atoms with Gasteiger partial charge in [0.25, 0.3) is 0 Å². The van der Waals surface area contributed by atoms with Gasteiger partial charge < -0.3 is 4.74 Å². The predicted octanol–water partition coefficient (Wildman–Crippen LogP) is 4.11. The molecule has 0 aliphatic rings. The van der Waals surface area contributed by atoms with Crippen LogP contribution in [0.15, 0.2) is 47.4 Å². The molecule has 0 bridgehead atoms. The molecule has 0 spiro atoms. The summed E-state index contributed by atoms with van der Waals surface area (Å²) in [6.07, 6.45) is 1.13. The first-order valence-corrected chi connectivity index (χ1v) is 9.19. The Morgan fingerprint density at radius 3 is 2.48 bits per heavy atom. The maximum Gasteiger partial charge on any atom is 0.175 e. The molecule has 0 fully saturated rings. The summed E-state index contributed by atoms with van der Waals surface area (Å²) in [6, 6.07) is 12.1. The molecule has 23 heavy (non-hydrogen) atoms. The minimum atomic E-state index is -3.33. The normalized spacial score (nSPS) is 11.3. The van der Waals surface area contributed by atoms with E-state index in [1.807, 2.05) is 6.07 Å². The third-order valence-corrected chi connectivity index (χ3v) is 5.33. The monoisotopic (exact) mass is 347 g/mol. The van der Waals surface area contributed by atoms with Gasteiger partial charge in [-0.25, -0.2) is 12.8 Å². The third-order valence-electron chi connectivity index (χ3n) is 3.18. The standard InChI is InChI=1S/C16H10FNO3S2/c1-23(19,20)12-6-7-13-14(8-12)22-15(9-18)16(13)21-11-4-2-10(17)3-5-11/h2-8H,1H3. The second-order valence-corrected chi connectivity index (χ2v) is 7.93. The molecule has 0 unspecified atom stereocenters. The molecule has 4 nitrogen and oxygen atoms in total. The highest BCUT2D eigenvalue weighted by Gasteiger charge is 2.17. The van der Waals surface area contributed by atoms with E-state index in [9.17, 15) is 18.1 Å². The lowest BCUT2D eigenvalue weighted by Crippen LogP contribution is -1.95. The van der Waals surface area contributed by atoms with Crippen LogP contribution in [0.2, 0.25) is 0 Å². The van der Waals surface area contributed by atoms with Gasteiger partial charge in [0.1, 0.15) is 22.5 Å². The summed E-state index contributed by atoms with van der Waals surface area (Å²) < 4.78 is 42.6. The first-order chi connectivity index (χ1) is 10.9. The van der Waals surface area contributed by atoms with Crippen LogP contribution in [0.4, 0.5) is 4.39 Å². The van der Waals surface area contributed by atoms with Crippen molar-refractivity contribution in [3.63, 3.8) is 0 Å². The minimum absolute atomic E-state index is 0.184. The van der Waals surface area contributed by atoms with E-state index in [1.165, 1.54) is 36.4 Å². The van der Waals surface area contributed by atoms with Gasteiger partial charge in [-0.15, -0.1) is 11.3 Å². The molecule has 3 aromatic rings. The van der Waals surface area contributed by atoms with Crippen molar-refractivity contribution < 1.29 is 17.5 Å². The van der Waals surface area contributed by atoms with Crippen LogP contribution in [0.1, 0.15) is 4.88 Å². The van der Waals surface area contributed by atoms with E-state index in [0.29, 0.717) is 26.5 Å². The van der Waals surface area contributed by atoms with Crippen molar-refractivity contribution in [1.29, 1.82) is 5.26 Å². The van der Waals surface area contributed by atoms with Crippen LogP contribution in [-0.2, 0) is 9.84 Å². The van der Waals surface area contributed by atoms with Crippen LogP contribution < -0.4 is 4.74 Å². The molecule has 3 rings (SSSR count). The minimum Gasteiger partial charge on any atom is -0.454 e. The van der Waals surface area contributed by atoms with Crippen molar-refractivity contribution in [1.82, 2.24) is 0 Å². The van der Waals surface area contributed by atoms with Crippen LogP contribution in [0.5, 0.6) is 11.5 Å². The smallest absolute Gasteiger partial charge is 0.175 e. The summed E-state index contributed by atoms with van der Waals surface area (Å²) in [5.74, 6) is 0.361. The first-order valence-electron chi connectivity index (χ1n) is 6.48. The number of fused-ring (bicyclic) bond motifs is 1. The van der Waals surface area contributed by atoms with Crippen molar-refractivity contribution in [3.8, 4) is 17.6 Å². The number of hydrogen-bond acceptors (Lipinski definition) is 5. The molecule has 0 atom stereocenters. The van der Waals surface area contributed by atoms with Gasteiger partial charge in [-0.3, -0.25) is 0 Å². The SMILES string of the molecule is CS(=O)(=O)c1ccc2c(Oc3ccc(F)cc3)c(C#N)sc2c1. The number of ether oxygens (including phenoxy) is 1. The molecule has 116 valence electrons. The zero-order valence-electron chi connectivity index (χ0n) is 11.9. The number of nitrogens with zero attached hydrogens (tertiary/aromatic N) is 1. The van der Waals surface area contributed by atoms with Crippen molar-refractivity contribution >= 4 is 31.3 Å². The zero-order valence-corrected chi connectivity index (χ0v) is 13.5. The van der Waals surface area contributed by atoms with E-state index >= 15 is 0 Å². The van der Waals surface area contributed by atoms with E-state index in [0.717, 1.165) is 17.6 Å². The molecule has 2 aromatic carbocycles.